The van der Waals surface area contributed by atoms with Crippen LogP contribution in [-0.2, 0) is 9.35 Å². The predicted octanol–water partition coefficient (Wildman–Crippen LogP) is -0.770. The molecule has 1 aliphatic rings. The molecule has 6 heteroatoms. The molecule has 0 aromatic heterocycles. The Morgan fingerprint density at radius 1 is 1.33 bits per heavy atom. The summed E-state index contributed by atoms with van der Waals surface area (Å²) in [4.78, 5) is 16.7. The maximum atomic E-state index is 8.34. The fourth-order valence-electron chi connectivity index (χ4n) is 0.0631. The summed E-state index contributed by atoms with van der Waals surface area (Å²) >= 11 is 1.12. The second-order valence-corrected chi connectivity index (χ2v) is 4.21. The van der Waals surface area contributed by atoms with Crippen molar-refractivity contribution in [2.24, 2.45) is 0 Å². The second-order valence-electron chi connectivity index (χ2n) is 1.40. The van der Waals surface area contributed by atoms with Crippen molar-refractivity contribution < 1.29 is 19.1 Å². The van der Waals surface area contributed by atoms with E-state index in [2.05, 4.69) is 9.35 Å². The van der Waals surface area contributed by atoms with Gasteiger partial charge in [0.25, 0.3) is 0 Å². The van der Waals surface area contributed by atoms with Gasteiger partial charge in [0.2, 0.25) is 0 Å². The molecular weight excluding hydrogens is 102 g/mol. The Morgan fingerprint density at radius 3 is 1.50 bits per heavy atom. The summed E-state index contributed by atoms with van der Waals surface area (Å²) in [6, 6.07) is 0. The van der Waals surface area contributed by atoms with E-state index >= 15 is 0 Å². The van der Waals surface area contributed by atoms with E-state index in [0.717, 1.165) is 17.2 Å². The Kier molecular flexibility index (Phi) is 0.701. The molecule has 6 heavy (non-hydrogen) atoms. The van der Waals surface area contributed by atoms with Gasteiger partial charge in [-0.15, -0.1) is 0 Å². The van der Waals surface area contributed by atoms with Crippen LogP contribution in [0.2, 0.25) is 0 Å². The topological polar surface area (TPSA) is 65.5 Å². The van der Waals surface area contributed by atoms with Crippen molar-refractivity contribution in [2.75, 3.05) is 0 Å². The molecule has 0 atom stereocenters. The van der Waals surface area contributed by atoms with E-state index in [1.54, 1.807) is 0 Å². The Labute approximate surface area is 43.0 Å². The van der Waals surface area contributed by atoms with Crippen molar-refractivity contribution >= 4 is 23.2 Å². The van der Waals surface area contributed by atoms with Gasteiger partial charge in [0.1, 0.15) is 0 Å². The minimum absolute atomic E-state index is 1.12. The number of rotatable bonds is 0. The van der Waals surface area contributed by atoms with E-state index in [4.69, 9.17) is 9.79 Å². The van der Waals surface area contributed by atoms with Gasteiger partial charge in [-0.2, -0.15) is 0 Å². The summed E-state index contributed by atoms with van der Waals surface area (Å²) in [5.41, 5.74) is 0. The molecule has 2 N–H and O–H groups in total. The Hall–Kier alpha value is 0.867. The van der Waals surface area contributed by atoms with Crippen LogP contribution in [0.4, 0.5) is 0 Å². The van der Waals surface area contributed by atoms with Crippen LogP contribution in [0.5, 0.6) is 0 Å². The molecule has 0 aromatic carbocycles. The van der Waals surface area contributed by atoms with Gasteiger partial charge < -0.3 is 0 Å². The average molecular weight is 104 g/mol. The molecule has 0 amide bonds. The van der Waals surface area contributed by atoms with Gasteiger partial charge in [0.05, 0.1) is 0 Å². The van der Waals surface area contributed by atoms with E-state index in [9.17, 15) is 0 Å². The molecule has 0 aliphatic carbocycles. The summed E-state index contributed by atoms with van der Waals surface area (Å²) in [5.74, 6) is -3.80. The first-order chi connectivity index (χ1) is 2.47. The summed E-state index contributed by atoms with van der Waals surface area (Å²) in [5, 5.41) is 0. The first-order valence-corrected chi connectivity index (χ1v) is 3.80. The molecule has 0 saturated carbocycles. The SMILES string of the molecule is [Li][P]1(O)(O)OO1. The molecule has 0 radical (unpaired) electrons. The van der Waals surface area contributed by atoms with Gasteiger partial charge in [-0.05, 0) is 0 Å². The Morgan fingerprint density at radius 2 is 1.50 bits per heavy atom. The van der Waals surface area contributed by atoms with Crippen molar-refractivity contribution in [3.8, 4) is 0 Å². The fourth-order valence-corrected chi connectivity index (χ4v) is 0.568. The van der Waals surface area contributed by atoms with Gasteiger partial charge in [-0.3, -0.25) is 0 Å². The third kappa shape index (κ3) is 1.18. The zero-order chi connectivity index (χ0) is 4.86. The Bertz CT molecular complexity index is 71.3. The summed E-state index contributed by atoms with van der Waals surface area (Å²) < 4.78 is 7.65. The van der Waals surface area contributed by atoms with E-state index in [0.29, 0.717) is 0 Å². The molecule has 32 valence electrons. The van der Waals surface area contributed by atoms with Crippen molar-refractivity contribution in [1.82, 2.24) is 0 Å². The first-order valence-electron chi connectivity index (χ1n) is 1.38. The molecule has 0 bridgehead atoms. The maximum absolute atomic E-state index is 8.34. The van der Waals surface area contributed by atoms with E-state index < -0.39 is 5.94 Å². The van der Waals surface area contributed by atoms with Crippen LogP contribution >= 0.6 is 5.94 Å². The number of hydrogen-bond acceptors (Lipinski definition) is 4. The van der Waals surface area contributed by atoms with Crippen LogP contribution in [0, 0.1) is 0 Å². The molecule has 1 heterocycles. The molecule has 1 rings (SSSR count). The minimum atomic E-state index is -3.80. The molecule has 0 unspecified atom stereocenters. The van der Waals surface area contributed by atoms with Crippen molar-refractivity contribution in [1.29, 1.82) is 0 Å². The van der Waals surface area contributed by atoms with Crippen molar-refractivity contribution in [2.45, 2.75) is 0 Å². The predicted molar refractivity (Wildman–Crippen MR) is 19.3 cm³/mol. The standard InChI is InChI=1S/Li.H2O4P/c;1-5(2)3-4-5/h;1-2H/q-1;+1. The quantitative estimate of drug-likeness (QED) is 0.183. The van der Waals surface area contributed by atoms with Crippen molar-refractivity contribution in [3.05, 3.63) is 0 Å². The zero-order valence-corrected chi connectivity index (χ0v) is 4.05. The van der Waals surface area contributed by atoms with Crippen molar-refractivity contribution in [3.63, 3.8) is 0 Å². The summed E-state index contributed by atoms with van der Waals surface area (Å²) in [6.07, 6.45) is 0. The molecular formula is H2LiO4P. The van der Waals surface area contributed by atoms with Crippen LogP contribution < -0.4 is 0 Å². The van der Waals surface area contributed by atoms with Gasteiger partial charge in [-0.25, -0.2) is 0 Å². The monoisotopic (exact) mass is 104 g/mol. The molecule has 4 nitrogen and oxygen atoms in total. The normalized spacial score (nSPS) is 43.0. The van der Waals surface area contributed by atoms with Gasteiger partial charge in [0, 0.05) is 0 Å². The second kappa shape index (κ2) is 0.840. The first kappa shape index (κ1) is 5.01. The van der Waals surface area contributed by atoms with E-state index in [1.165, 1.54) is 0 Å². The summed E-state index contributed by atoms with van der Waals surface area (Å²) in [6.45, 7) is 0. The van der Waals surface area contributed by atoms with Gasteiger partial charge in [-0.1, -0.05) is 0 Å². The number of hydrogen-bond donors (Lipinski definition) is 2. The van der Waals surface area contributed by atoms with Crippen LogP contribution in [-0.4, -0.2) is 27.0 Å². The zero-order valence-electron chi connectivity index (χ0n) is 3.16. The molecule has 0 aromatic rings. The molecule has 1 aliphatic heterocycles. The molecule has 1 saturated heterocycles. The fraction of sp³-hybridized carbons (Fsp3) is 0. The van der Waals surface area contributed by atoms with Crippen LogP contribution in [0.15, 0.2) is 0 Å². The molecule has 0 spiro atoms. The van der Waals surface area contributed by atoms with E-state index in [1.807, 2.05) is 0 Å². The molecule has 1 fully saturated rings. The third-order valence-corrected chi connectivity index (χ3v) is 1.07. The van der Waals surface area contributed by atoms with Gasteiger partial charge in [0.15, 0.2) is 0 Å². The van der Waals surface area contributed by atoms with E-state index in [-0.39, 0.29) is 0 Å². The third-order valence-electron chi connectivity index (χ3n) is 0.357. The Balaban J connectivity index is 2.67. The van der Waals surface area contributed by atoms with Crippen LogP contribution in [0.25, 0.3) is 0 Å². The average Bonchev–Trinajstić information content (AvgIpc) is 1.73. The summed E-state index contributed by atoms with van der Waals surface area (Å²) in [7, 11) is 0. The van der Waals surface area contributed by atoms with Crippen LogP contribution in [0.3, 0.4) is 0 Å². The van der Waals surface area contributed by atoms with Gasteiger partial charge >= 0.3 is 42.3 Å². The van der Waals surface area contributed by atoms with Crippen LogP contribution in [0.1, 0.15) is 0 Å².